The monoisotopic (exact) mass is 272 g/mol. The molecule has 1 nitrogen and oxygen atoms in total. The van der Waals surface area contributed by atoms with Crippen molar-refractivity contribution in [3.05, 3.63) is 70.7 Å². The first-order valence-corrected chi connectivity index (χ1v) is 6.90. The van der Waals surface area contributed by atoms with Crippen LogP contribution in [0.3, 0.4) is 0 Å². The van der Waals surface area contributed by atoms with Crippen LogP contribution in [0.25, 0.3) is 0 Å². The highest BCUT2D eigenvalue weighted by Crippen LogP contribution is 2.22. The van der Waals surface area contributed by atoms with Crippen molar-refractivity contribution in [1.82, 2.24) is 0 Å². The van der Waals surface area contributed by atoms with E-state index in [2.05, 4.69) is 6.92 Å². The van der Waals surface area contributed by atoms with Crippen molar-refractivity contribution in [1.29, 1.82) is 0 Å². The Kier molecular flexibility index (Phi) is 4.75. The van der Waals surface area contributed by atoms with Crippen LogP contribution in [-0.4, -0.2) is 5.78 Å². The van der Waals surface area contributed by atoms with Gasteiger partial charge >= 0.3 is 0 Å². The van der Waals surface area contributed by atoms with E-state index < -0.39 is 0 Å². The second-order valence-electron chi connectivity index (χ2n) is 4.64. The maximum absolute atomic E-state index is 12.4. The fraction of sp³-hybridized carbons (Fsp3) is 0.235. The number of hydrogen-bond donors (Lipinski definition) is 0. The molecule has 0 fully saturated rings. The summed E-state index contributed by atoms with van der Waals surface area (Å²) < 4.78 is 0. The Morgan fingerprint density at radius 1 is 1.05 bits per heavy atom. The molecule has 0 aliphatic carbocycles. The van der Waals surface area contributed by atoms with Crippen molar-refractivity contribution in [2.45, 2.75) is 25.7 Å². The second-order valence-corrected chi connectivity index (χ2v) is 5.08. The highest BCUT2D eigenvalue weighted by molar-refractivity contribution is 6.30. The number of Topliss-reactive ketones (excluding diaryl/α,β-unsaturated/α-hetero) is 1. The minimum Gasteiger partial charge on any atom is -0.299 e. The Labute approximate surface area is 119 Å². The Morgan fingerprint density at radius 2 is 1.68 bits per heavy atom. The number of benzene rings is 2. The fourth-order valence-corrected chi connectivity index (χ4v) is 2.39. The average molecular weight is 273 g/mol. The molecule has 1 atom stereocenters. The number of carbonyl (C=O) groups excluding carboxylic acids is 1. The van der Waals surface area contributed by atoms with Crippen LogP contribution in [0.2, 0.25) is 5.02 Å². The number of rotatable bonds is 5. The zero-order valence-electron chi connectivity index (χ0n) is 11.0. The predicted octanol–water partition coefficient (Wildman–Crippen LogP) is 4.65. The zero-order valence-corrected chi connectivity index (χ0v) is 11.7. The van der Waals surface area contributed by atoms with Gasteiger partial charge in [-0.25, -0.2) is 0 Å². The molecule has 0 heterocycles. The van der Waals surface area contributed by atoms with Crippen molar-refractivity contribution in [3.8, 4) is 0 Å². The SMILES string of the molecule is CCC(C(=O)Cc1ccc(Cl)cc1)c1ccccc1. The van der Waals surface area contributed by atoms with E-state index in [1.165, 1.54) is 0 Å². The second kappa shape index (κ2) is 6.53. The van der Waals surface area contributed by atoms with Gasteiger partial charge in [0.05, 0.1) is 0 Å². The summed E-state index contributed by atoms with van der Waals surface area (Å²) in [4.78, 5) is 12.4. The summed E-state index contributed by atoms with van der Waals surface area (Å²) in [5, 5.41) is 0.700. The van der Waals surface area contributed by atoms with Crippen LogP contribution in [-0.2, 0) is 11.2 Å². The summed E-state index contributed by atoms with van der Waals surface area (Å²) in [6.45, 7) is 2.05. The lowest BCUT2D eigenvalue weighted by molar-refractivity contribution is -0.119. The van der Waals surface area contributed by atoms with Crippen LogP contribution >= 0.6 is 11.6 Å². The van der Waals surface area contributed by atoms with Gasteiger partial charge in [0, 0.05) is 17.4 Å². The summed E-state index contributed by atoms with van der Waals surface area (Å²) in [6.07, 6.45) is 1.29. The molecule has 0 radical (unpaired) electrons. The van der Waals surface area contributed by atoms with Gasteiger partial charge in [-0.15, -0.1) is 0 Å². The van der Waals surface area contributed by atoms with E-state index in [1.54, 1.807) is 0 Å². The standard InChI is InChI=1S/C17H17ClO/c1-2-16(14-6-4-3-5-7-14)17(19)12-13-8-10-15(18)11-9-13/h3-11,16H,2,12H2,1H3. The Morgan fingerprint density at radius 3 is 2.26 bits per heavy atom. The normalized spacial score (nSPS) is 12.1. The number of ketones is 1. The topological polar surface area (TPSA) is 17.1 Å². The van der Waals surface area contributed by atoms with Crippen LogP contribution < -0.4 is 0 Å². The predicted molar refractivity (Wildman–Crippen MR) is 79.6 cm³/mol. The molecule has 2 aromatic carbocycles. The van der Waals surface area contributed by atoms with E-state index in [4.69, 9.17) is 11.6 Å². The molecule has 0 bridgehead atoms. The molecule has 0 spiro atoms. The minimum atomic E-state index is -0.0168. The van der Waals surface area contributed by atoms with E-state index in [9.17, 15) is 4.79 Å². The van der Waals surface area contributed by atoms with Gasteiger partial charge in [-0.05, 0) is 29.7 Å². The Bertz CT molecular complexity index is 531. The lowest BCUT2D eigenvalue weighted by atomic mass is 9.89. The molecule has 0 saturated heterocycles. The first-order chi connectivity index (χ1) is 9.20. The van der Waals surface area contributed by atoms with Gasteiger partial charge in [-0.3, -0.25) is 4.79 Å². The van der Waals surface area contributed by atoms with Crippen LogP contribution in [0.15, 0.2) is 54.6 Å². The third kappa shape index (κ3) is 3.68. The molecule has 2 rings (SSSR count). The molecule has 0 aliphatic rings. The van der Waals surface area contributed by atoms with Gasteiger partial charge in [-0.1, -0.05) is 61.0 Å². The molecule has 0 aromatic heterocycles. The number of hydrogen-bond acceptors (Lipinski definition) is 1. The van der Waals surface area contributed by atoms with E-state index >= 15 is 0 Å². The molecule has 19 heavy (non-hydrogen) atoms. The van der Waals surface area contributed by atoms with Crippen molar-refractivity contribution in [2.24, 2.45) is 0 Å². The molecule has 2 aromatic rings. The minimum absolute atomic E-state index is 0.0168. The summed E-state index contributed by atoms with van der Waals surface area (Å²) in [6, 6.07) is 17.5. The van der Waals surface area contributed by atoms with Gasteiger partial charge in [0.25, 0.3) is 0 Å². The van der Waals surface area contributed by atoms with E-state index in [0.29, 0.717) is 11.4 Å². The van der Waals surface area contributed by atoms with Crippen LogP contribution in [0, 0.1) is 0 Å². The van der Waals surface area contributed by atoms with Gasteiger partial charge in [0.2, 0.25) is 0 Å². The van der Waals surface area contributed by atoms with Crippen molar-refractivity contribution in [3.63, 3.8) is 0 Å². The molecular weight excluding hydrogens is 256 g/mol. The third-order valence-corrected chi connectivity index (χ3v) is 3.54. The van der Waals surface area contributed by atoms with Crippen LogP contribution in [0.4, 0.5) is 0 Å². The highest BCUT2D eigenvalue weighted by Gasteiger charge is 2.18. The quantitative estimate of drug-likeness (QED) is 0.775. The van der Waals surface area contributed by atoms with Crippen molar-refractivity contribution < 1.29 is 4.79 Å². The summed E-state index contributed by atoms with van der Waals surface area (Å²) in [5.41, 5.74) is 2.12. The van der Waals surface area contributed by atoms with Gasteiger partial charge < -0.3 is 0 Å². The van der Waals surface area contributed by atoms with Crippen LogP contribution in [0.5, 0.6) is 0 Å². The van der Waals surface area contributed by atoms with Gasteiger partial charge in [-0.2, -0.15) is 0 Å². The summed E-state index contributed by atoms with van der Waals surface area (Å²) in [7, 11) is 0. The molecule has 1 unspecified atom stereocenters. The molecule has 0 saturated carbocycles. The molecule has 0 aliphatic heterocycles. The van der Waals surface area contributed by atoms with Gasteiger partial charge in [0.1, 0.15) is 5.78 Å². The number of carbonyl (C=O) groups is 1. The summed E-state index contributed by atoms with van der Waals surface area (Å²) >= 11 is 5.85. The molecular formula is C17H17ClO. The highest BCUT2D eigenvalue weighted by atomic mass is 35.5. The average Bonchev–Trinajstić information content (AvgIpc) is 2.43. The Hall–Kier alpha value is -1.60. The molecule has 0 N–H and O–H groups in total. The Balaban J connectivity index is 2.11. The lowest BCUT2D eigenvalue weighted by Crippen LogP contribution is -2.14. The maximum atomic E-state index is 12.4. The largest absolute Gasteiger partial charge is 0.299 e. The first-order valence-electron chi connectivity index (χ1n) is 6.52. The first kappa shape index (κ1) is 13.8. The van der Waals surface area contributed by atoms with E-state index in [1.807, 2.05) is 54.6 Å². The van der Waals surface area contributed by atoms with E-state index in [-0.39, 0.29) is 11.7 Å². The molecule has 2 heteroatoms. The number of halogens is 1. The zero-order chi connectivity index (χ0) is 13.7. The maximum Gasteiger partial charge on any atom is 0.144 e. The smallest absolute Gasteiger partial charge is 0.144 e. The van der Waals surface area contributed by atoms with Crippen LogP contribution in [0.1, 0.15) is 30.4 Å². The van der Waals surface area contributed by atoms with E-state index in [0.717, 1.165) is 17.5 Å². The van der Waals surface area contributed by atoms with Crippen molar-refractivity contribution >= 4 is 17.4 Å². The van der Waals surface area contributed by atoms with Crippen molar-refractivity contribution in [2.75, 3.05) is 0 Å². The van der Waals surface area contributed by atoms with Gasteiger partial charge in [0.15, 0.2) is 0 Å². The summed E-state index contributed by atoms with van der Waals surface area (Å²) in [5.74, 6) is 0.243. The fourth-order valence-electron chi connectivity index (χ4n) is 2.26. The lowest BCUT2D eigenvalue weighted by Gasteiger charge is -2.14. The molecule has 0 amide bonds. The third-order valence-electron chi connectivity index (χ3n) is 3.29. The molecule has 98 valence electrons.